The Hall–Kier alpha value is -2.16. The van der Waals surface area contributed by atoms with Gasteiger partial charge in [-0.15, -0.1) is 0 Å². The molecule has 1 aliphatic rings. The molecule has 2 aromatic carbocycles. The molecule has 0 saturated carbocycles. The number of ether oxygens (including phenoxy) is 1. The molecule has 3 rings (SSSR count). The highest BCUT2D eigenvalue weighted by molar-refractivity contribution is 5.88. The van der Waals surface area contributed by atoms with Crippen molar-refractivity contribution in [1.29, 1.82) is 0 Å². The first-order valence-corrected chi connectivity index (χ1v) is 6.54. The highest BCUT2D eigenvalue weighted by Crippen LogP contribution is 2.40. The fourth-order valence-electron chi connectivity index (χ4n) is 2.57. The summed E-state index contributed by atoms with van der Waals surface area (Å²) in [5.41, 5.74) is 2.97. The van der Waals surface area contributed by atoms with Crippen LogP contribution in [0.5, 0.6) is 5.75 Å². The molecule has 0 atom stereocenters. The second-order valence-corrected chi connectivity index (χ2v) is 5.73. The lowest BCUT2D eigenvalue weighted by Crippen LogP contribution is -2.18. The van der Waals surface area contributed by atoms with Crippen LogP contribution in [0.25, 0.3) is 11.1 Å². The van der Waals surface area contributed by atoms with E-state index >= 15 is 0 Å². The molecule has 0 unspecified atom stereocenters. The first-order chi connectivity index (χ1) is 9.51. The minimum Gasteiger partial charge on any atom is -0.492 e. The number of hydrogen-bond donors (Lipinski definition) is 0. The molecule has 0 fully saturated rings. The van der Waals surface area contributed by atoms with Crippen LogP contribution in [0.2, 0.25) is 0 Å². The fraction of sp³-hybridized carbons (Fsp3) is 0.235. The minimum absolute atomic E-state index is 0.0694. The molecule has 0 aromatic heterocycles. The number of aldehydes is 1. The molecule has 0 saturated heterocycles. The van der Waals surface area contributed by atoms with E-state index in [9.17, 15) is 9.18 Å². The molecule has 20 heavy (non-hydrogen) atoms. The lowest BCUT2D eigenvalue weighted by atomic mass is 9.85. The Bertz CT molecular complexity index is 689. The van der Waals surface area contributed by atoms with Gasteiger partial charge in [0.1, 0.15) is 11.6 Å². The first kappa shape index (κ1) is 12.9. The monoisotopic (exact) mass is 270 g/mol. The van der Waals surface area contributed by atoms with Crippen molar-refractivity contribution in [2.75, 3.05) is 6.61 Å². The Labute approximate surface area is 117 Å². The van der Waals surface area contributed by atoms with E-state index in [1.807, 2.05) is 18.2 Å². The summed E-state index contributed by atoms with van der Waals surface area (Å²) in [6.45, 7) is 4.85. The van der Waals surface area contributed by atoms with Crippen LogP contribution in [0.4, 0.5) is 4.39 Å². The Morgan fingerprint density at radius 3 is 2.75 bits per heavy atom. The lowest BCUT2D eigenvalue weighted by Gasteiger charge is -2.16. The van der Waals surface area contributed by atoms with Crippen molar-refractivity contribution in [2.45, 2.75) is 19.3 Å². The van der Waals surface area contributed by atoms with Crippen molar-refractivity contribution in [3.63, 3.8) is 0 Å². The van der Waals surface area contributed by atoms with Crippen LogP contribution >= 0.6 is 0 Å². The number of rotatable bonds is 2. The lowest BCUT2D eigenvalue weighted by molar-refractivity contribution is 0.112. The normalized spacial score (nSPS) is 15.6. The second-order valence-electron chi connectivity index (χ2n) is 5.73. The van der Waals surface area contributed by atoms with Gasteiger partial charge in [-0.05, 0) is 41.5 Å². The maximum atomic E-state index is 13.5. The van der Waals surface area contributed by atoms with Crippen LogP contribution in [0.3, 0.4) is 0 Å². The third kappa shape index (κ3) is 1.99. The Morgan fingerprint density at radius 1 is 1.20 bits per heavy atom. The predicted molar refractivity (Wildman–Crippen MR) is 75.7 cm³/mol. The zero-order chi connectivity index (χ0) is 14.3. The molecule has 0 N–H and O–H groups in total. The van der Waals surface area contributed by atoms with Gasteiger partial charge in [0.15, 0.2) is 6.29 Å². The van der Waals surface area contributed by atoms with Gasteiger partial charge in [-0.2, -0.15) is 0 Å². The minimum atomic E-state index is -0.346. The van der Waals surface area contributed by atoms with E-state index < -0.39 is 0 Å². The van der Waals surface area contributed by atoms with Gasteiger partial charge < -0.3 is 4.74 Å². The van der Waals surface area contributed by atoms with Crippen molar-refractivity contribution in [3.8, 4) is 16.9 Å². The van der Waals surface area contributed by atoms with Crippen LogP contribution in [0.1, 0.15) is 29.8 Å². The molecular weight excluding hydrogens is 255 g/mol. The first-order valence-electron chi connectivity index (χ1n) is 6.54. The third-order valence-corrected chi connectivity index (χ3v) is 3.75. The summed E-state index contributed by atoms with van der Waals surface area (Å²) >= 11 is 0. The number of carbonyl (C=O) groups excluding carboxylic acids is 1. The summed E-state index contributed by atoms with van der Waals surface area (Å²) in [5, 5.41) is 0. The number of hydrogen-bond acceptors (Lipinski definition) is 2. The van der Waals surface area contributed by atoms with Gasteiger partial charge in [0.05, 0.1) is 6.61 Å². The molecular formula is C17H15FO2. The predicted octanol–water partition coefficient (Wildman–Crippen LogP) is 3.98. The number of carbonyl (C=O) groups is 1. The van der Waals surface area contributed by atoms with Gasteiger partial charge in [0.2, 0.25) is 0 Å². The Balaban J connectivity index is 2.17. The van der Waals surface area contributed by atoms with Gasteiger partial charge in [-0.25, -0.2) is 4.39 Å². The molecule has 0 spiro atoms. The van der Waals surface area contributed by atoms with E-state index in [1.165, 1.54) is 18.2 Å². The van der Waals surface area contributed by atoms with E-state index in [0.717, 1.165) is 23.2 Å². The van der Waals surface area contributed by atoms with E-state index in [2.05, 4.69) is 13.8 Å². The van der Waals surface area contributed by atoms with Crippen LogP contribution in [-0.2, 0) is 5.41 Å². The van der Waals surface area contributed by atoms with Crippen LogP contribution in [-0.4, -0.2) is 12.9 Å². The Kier molecular flexibility index (Phi) is 2.85. The highest BCUT2D eigenvalue weighted by Gasteiger charge is 2.31. The third-order valence-electron chi connectivity index (χ3n) is 3.75. The van der Waals surface area contributed by atoms with Crippen LogP contribution < -0.4 is 4.74 Å². The maximum absolute atomic E-state index is 13.5. The molecule has 2 aromatic rings. The summed E-state index contributed by atoms with van der Waals surface area (Å²) < 4.78 is 19.1. The summed E-state index contributed by atoms with van der Waals surface area (Å²) in [6.07, 6.45) is 0.754. The van der Waals surface area contributed by atoms with Gasteiger partial charge in [-0.3, -0.25) is 4.79 Å². The van der Waals surface area contributed by atoms with E-state index in [-0.39, 0.29) is 11.2 Å². The molecule has 2 nitrogen and oxygen atoms in total. The average molecular weight is 270 g/mol. The Morgan fingerprint density at radius 2 is 2.00 bits per heavy atom. The summed E-state index contributed by atoms with van der Waals surface area (Å²) in [4.78, 5) is 11.1. The smallest absolute Gasteiger partial charge is 0.150 e. The van der Waals surface area contributed by atoms with E-state index in [0.29, 0.717) is 17.7 Å². The van der Waals surface area contributed by atoms with Gasteiger partial charge >= 0.3 is 0 Å². The number of fused-ring (bicyclic) bond motifs is 1. The van der Waals surface area contributed by atoms with Crippen LogP contribution in [0.15, 0.2) is 36.4 Å². The number of benzene rings is 2. The molecule has 0 bridgehead atoms. The van der Waals surface area contributed by atoms with Crippen molar-refractivity contribution in [2.24, 2.45) is 0 Å². The average Bonchev–Trinajstić information content (AvgIpc) is 2.74. The molecule has 3 heteroatoms. The SMILES string of the molecule is CC1(C)COc2ccc(-c3cc(F)ccc3C=O)cc21. The molecule has 1 aliphatic heterocycles. The van der Waals surface area contributed by atoms with E-state index in [1.54, 1.807) is 0 Å². The molecule has 102 valence electrons. The zero-order valence-corrected chi connectivity index (χ0v) is 11.4. The van der Waals surface area contributed by atoms with Crippen molar-refractivity contribution < 1.29 is 13.9 Å². The molecule has 0 aliphatic carbocycles. The molecule has 0 radical (unpaired) electrons. The van der Waals surface area contributed by atoms with Gasteiger partial charge in [0, 0.05) is 16.5 Å². The van der Waals surface area contributed by atoms with Crippen molar-refractivity contribution >= 4 is 6.29 Å². The number of halogens is 1. The summed E-state index contributed by atoms with van der Waals surface area (Å²) in [6, 6.07) is 9.94. The maximum Gasteiger partial charge on any atom is 0.150 e. The quantitative estimate of drug-likeness (QED) is 0.772. The topological polar surface area (TPSA) is 26.3 Å². The fourth-order valence-corrected chi connectivity index (χ4v) is 2.57. The zero-order valence-electron chi connectivity index (χ0n) is 11.4. The largest absolute Gasteiger partial charge is 0.492 e. The molecule has 1 heterocycles. The van der Waals surface area contributed by atoms with Gasteiger partial charge in [-0.1, -0.05) is 19.9 Å². The highest BCUT2D eigenvalue weighted by atomic mass is 19.1. The summed E-state index contributed by atoms with van der Waals surface area (Å²) in [5.74, 6) is 0.518. The summed E-state index contributed by atoms with van der Waals surface area (Å²) in [7, 11) is 0. The van der Waals surface area contributed by atoms with E-state index in [4.69, 9.17) is 4.74 Å². The van der Waals surface area contributed by atoms with Crippen molar-refractivity contribution in [1.82, 2.24) is 0 Å². The standard InChI is InChI=1S/C17H15FO2/c1-17(2)10-20-16-6-4-11(7-15(16)17)14-8-13(18)5-3-12(14)9-19/h3-9H,10H2,1-2H3. The second kappa shape index (κ2) is 4.44. The van der Waals surface area contributed by atoms with Gasteiger partial charge in [0.25, 0.3) is 0 Å². The molecule has 0 amide bonds. The van der Waals surface area contributed by atoms with Crippen LogP contribution in [0, 0.1) is 5.82 Å². The van der Waals surface area contributed by atoms with Crippen molar-refractivity contribution in [3.05, 3.63) is 53.3 Å².